The van der Waals surface area contributed by atoms with Crippen molar-refractivity contribution in [3.63, 3.8) is 0 Å². The van der Waals surface area contributed by atoms with Crippen LogP contribution in [0.4, 0.5) is 0 Å². The van der Waals surface area contributed by atoms with Crippen molar-refractivity contribution in [2.75, 3.05) is 13.7 Å². The highest BCUT2D eigenvalue weighted by molar-refractivity contribution is 5.65. The van der Waals surface area contributed by atoms with Crippen LogP contribution in [0.1, 0.15) is 31.4 Å². The van der Waals surface area contributed by atoms with Gasteiger partial charge in [-0.05, 0) is 43.9 Å². The number of rotatable bonds is 6. The molecule has 1 aliphatic rings. The van der Waals surface area contributed by atoms with Gasteiger partial charge >= 0.3 is 0 Å². The Bertz CT molecular complexity index is 654. The molecule has 5 nitrogen and oxygen atoms in total. The molecule has 1 aromatic heterocycles. The molecule has 0 amide bonds. The van der Waals surface area contributed by atoms with Crippen molar-refractivity contribution in [3.8, 4) is 22.8 Å². The SMILES string of the molecule is COc1ccc(-c2nccnc2CCO)cc1OC1CCCC1. The molecular formula is C18H22N2O3. The number of hydrogen-bond acceptors (Lipinski definition) is 5. The van der Waals surface area contributed by atoms with Gasteiger partial charge in [-0.25, -0.2) is 0 Å². The number of ether oxygens (including phenoxy) is 2. The third kappa shape index (κ3) is 3.62. The number of methoxy groups -OCH3 is 1. The van der Waals surface area contributed by atoms with E-state index in [2.05, 4.69) is 9.97 Å². The molecule has 1 fully saturated rings. The molecule has 0 atom stereocenters. The lowest BCUT2D eigenvalue weighted by Gasteiger charge is -2.17. The number of nitrogens with zero attached hydrogens (tertiary/aromatic N) is 2. The molecule has 0 radical (unpaired) electrons. The summed E-state index contributed by atoms with van der Waals surface area (Å²) in [7, 11) is 1.65. The van der Waals surface area contributed by atoms with Gasteiger partial charge in [0, 0.05) is 31.0 Å². The van der Waals surface area contributed by atoms with Crippen LogP contribution in [0, 0.1) is 0 Å². The smallest absolute Gasteiger partial charge is 0.162 e. The zero-order chi connectivity index (χ0) is 16.1. The molecule has 3 rings (SSSR count). The van der Waals surface area contributed by atoms with Crippen molar-refractivity contribution in [1.29, 1.82) is 0 Å². The van der Waals surface area contributed by atoms with Gasteiger partial charge in [-0.2, -0.15) is 0 Å². The van der Waals surface area contributed by atoms with E-state index in [-0.39, 0.29) is 12.7 Å². The maximum Gasteiger partial charge on any atom is 0.162 e. The summed E-state index contributed by atoms with van der Waals surface area (Å²) in [5.41, 5.74) is 2.49. The minimum Gasteiger partial charge on any atom is -0.493 e. The number of aliphatic hydroxyl groups is 1. The second-order valence-electron chi connectivity index (χ2n) is 5.72. The van der Waals surface area contributed by atoms with E-state index in [1.165, 1.54) is 12.8 Å². The molecule has 1 aliphatic carbocycles. The Hall–Kier alpha value is -2.14. The summed E-state index contributed by atoms with van der Waals surface area (Å²) < 4.78 is 11.6. The van der Waals surface area contributed by atoms with Crippen molar-refractivity contribution in [3.05, 3.63) is 36.3 Å². The molecule has 0 spiro atoms. The van der Waals surface area contributed by atoms with Crippen LogP contribution in [0.25, 0.3) is 11.3 Å². The summed E-state index contributed by atoms with van der Waals surface area (Å²) in [5, 5.41) is 9.21. The lowest BCUT2D eigenvalue weighted by atomic mass is 10.1. The number of benzene rings is 1. The van der Waals surface area contributed by atoms with Gasteiger partial charge in [-0.15, -0.1) is 0 Å². The maximum absolute atomic E-state index is 9.21. The molecule has 1 N–H and O–H groups in total. The monoisotopic (exact) mass is 314 g/mol. The molecule has 122 valence electrons. The van der Waals surface area contributed by atoms with Gasteiger partial charge in [0.25, 0.3) is 0 Å². The van der Waals surface area contributed by atoms with Gasteiger partial charge in [0.1, 0.15) is 0 Å². The fraction of sp³-hybridized carbons (Fsp3) is 0.444. The van der Waals surface area contributed by atoms with Gasteiger partial charge in [0.15, 0.2) is 11.5 Å². The molecule has 5 heteroatoms. The third-order valence-electron chi connectivity index (χ3n) is 4.16. The molecule has 1 aromatic carbocycles. The quantitative estimate of drug-likeness (QED) is 0.888. The van der Waals surface area contributed by atoms with Gasteiger partial charge in [0.05, 0.1) is 24.6 Å². The van der Waals surface area contributed by atoms with Crippen LogP contribution in [-0.2, 0) is 6.42 Å². The predicted molar refractivity (Wildman–Crippen MR) is 87.7 cm³/mol. The van der Waals surface area contributed by atoms with Crippen LogP contribution in [0.3, 0.4) is 0 Å². The highest BCUT2D eigenvalue weighted by Gasteiger charge is 2.19. The second-order valence-corrected chi connectivity index (χ2v) is 5.72. The fourth-order valence-electron chi connectivity index (χ4n) is 3.00. The second kappa shape index (κ2) is 7.42. The average Bonchev–Trinajstić information content (AvgIpc) is 3.09. The Labute approximate surface area is 136 Å². The molecule has 0 saturated heterocycles. The van der Waals surface area contributed by atoms with Crippen molar-refractivity contribution < 1.29 is 14.6 Å². The predicted octanol–water partition coefficient (Wildman–Crippen LogP) is 3.01. The summed E-state index contributed by atoms with van der Waals surface area (Å²) in [6, 6.07) is 5.81. The van der Waals surface area contributed by atoms with Gasteiger partial charge in [-0.1, -0.05) is 0 Å². The van der Waals surface area contributed by atoms with Crippen LogP contribution < -0.4 is 9.47 Å². The minimum absolute atomic E-state index is 0.0489. The highest BCUT2D eigenvalue weighted by atomic mass is 16.5. The summed E-state index contributed by atoms with van der Waals surface area (Å²) in [6.45, 7) is 0.0489. The van der Waals surface area contributed by atoms with Crippen LogP contribution in [0.15, 0.2) is 30.6 Å². The molecule has 0 unspecified atom stereocenters. The lowest BCUT2D eigenvalue weighted by Crippen LogP contribution is -2.11. The number of aromatic nitrogens is 2. The van der Waals surface area contributed by atoms with Crippen LogP contribution in [0.2, 0.25) is 0 Å². The van der Waals surface area contributed by atoms with Gasteiger partial charge in [-0.3, -0.25) is 9.97 Å². The summed E-state index contributed by atoms with van der Waals surface area (Å²) in [6.07, 6.45) is 8.68. The Balaban J connectivity index is 1.94. The zero-order valence-corrected chi connectivity index (χ0v) is 13.4. The van der Waals surface area contributed by atoms with E-state index in [4.69, 9.17) is 9.47 Å². The van der Waals surface area contributed by atoms with E-state index >= 15 is 0 Å². The van der Waals surface area contributed by atoms with Crippen molar-refractivity contribution in [2.24, 2.45) is 0 Å². The summed E-state index contributed by atoms with van der Waals surface area (Å²) in [4.78, 5) is 8.75. The number of hydrogen-bond donors (Lipinski definition) is 1. The molecule has 0 bridgehead atoms. The Kier molecular flexibility index (Phi) is 5.08. The first-order valence-corrected chi connectivity index (χ1v) is 8.07. The highest BCUT2D eigenvalue weighted by Crippen LogP contribution is 2.35. The fourth-order valence-corrected chi connectivity index (χ4v) is 3.00. The lowest BCUT2D eigenvalue weighted by molar-refractivity contribution is 0.201. The Morgan fingerprint density at radius 3 is 2.65 bits per heavy atom. The largest absolute Gasteiger partial charge is 0.493 e. The first kappa shape index (κ1) is 15.7. The Morgan fingerprint density at radius 1 is 1.13 bits per heavy atom. The first-order valence-electron chi connectivity index (χ1n) is 8.07. The third-order valence-corrected chi connectivity index (χ3v) is 4.16. The van der Waals surface area contributed by atoms with Gasteiger partial charge in [0.2, 0.25) is 0 Å². The molecule has 1 heterocycles. The Morgan fingerprint density at radius 2 is 1.91 bits per heavy atom. The standard InChI is InChI=1S/C18H22N2O3/c1-22-16-7-6-13(12-17(16)23-14-4-2-3-5-14)18-15(8-11-21)19-9-10-20-18/h6-7,9-10,12,14,21H,2-5,8,11H2,1H3. The molecular weight excluding hydrogens is 292 g/mol. The van der Waals surface area contributed by atoms with Crippen molar-refractivity contribution >= 4 is 0 Å². The van der Waals surface area contributed by atoms with Gasteiger partial charge < -0.3 is 14.6 Å². The topological polar surface area (TPSA) is 64.5 Å². The molecule has 0 aliphatic heterocycles. The van der Waals surface area contributed by atoms with Crippen LogP contribution >= 0.6 is 0 Å². The minimum atomic E-state index is 0.0489. The van der Waals surface area contributed by atoms with E-state index in [1.807, 2.05) is 18.2 Å². The van der Waals surface area contributed by atoms with E-state index < -0.39 is 0 Å². The average molecular weight is 314 g/mol. The maximum atomic E-state index is 9.21. The van der Waals surface area contributed by atoms with Crippen molar-refractivity contribution in [1.82, 2.24) is 9.97 Å². The van der Waals surface area contributed by atoms with E-state index in [0.29, 0.717) is 6.42 Å². The van der Waals surface area contributed by atoms with E-state index in [9.17, 15) is 5.11 Å². The molecule has 2 aromatic rings. The first-order chi connectivity index (χ1) is 11.3. The molecule has 23 heavy (non-hydrogen) atoms. The zero-order valence-electron chi connectivity index (χ0n) is 13.4. The summed E-state index contributed by atoms with van der Waals surface area (Å²) >= 11 is 0. The normalized spacial score (nSPS) is 14.9. The van der Waals surface area contributed by atoms with Crippen molar-refractivity contribution in [2.45, 2.75) is 38.2 Å². The van der Waals surface area contributed by atoms with Crippen LogP contribution in [0.5, 0.6) is 11.5 Å². The van der Waals surface area contributed by atoms with E-state index in [1.54, 1.807) is 19.5 Å². The molecule has 1 saturated carbocycles. The number of aliphatic hydroxyl groups excluding tert-OH is 1. The summed E-state index contributed by atoms with van der Waals surface area (Å²) in [5.74, 6) is 1.48. The van der Waals surface area contributed by atoms with Crippen LogP contribution in [-0.4, -0.2) is 34.9 Å². The van der Waals surface area contributed by atoms with E-state index in [0.717, 1.165) is 41.3 Å².